The van der Waals surface area contributed by atoms with E-state index in [-0.39, 0.29) is 18.0 Å². The molecule has 0 saturated heterocycles. The quantitative estimate of drug-likeness (QED) is 0.646. The lowest BCUT2D eigenvalue weighted by Crippen LogP contribution is -2.40. The van der Waals surface area contributed by atoms with Gasteiger partial charge >= 0.3 is 5.97 Å². The van der Waals surface area contributed by atoms with Gasteiger partial charge < -0.3 is 15.2 Å². The third kappa shape index (κ3) is 5.47. The fraction of sp³-hybridized carbons (Fsp3) is 0.917. The van der Waals surface area contributed by atoms with E-state index in [9.17, 15) is 4.79 Å². The summed E-state index contributed by atoms with van der Waals surface area (Å²) in [6, 6.07) is 0. The summed E-state index contributed by atoms with van der Waals surface area (Å²) in [5, 5.41) is 12.1. The number of aliphatic hydroxyl groups is 1. The van der Waals surface area contributed by atoms with Crippen molar-refractivity contribution in [3.63, 3.8) is 0 Å². The molecule has 0 unspecified atom stereocenters. The summed E-state index contributed by atoms with van der Waals surface area (Å²) < 4.78 is 4.73. The van der Waals surface area contributed by atoms with Crippen molar-refractivity contribution in [2.75, 3.05) is 26.8 Å². The Kier molecular flexibility index (Phi) is 5.97. The van der Waals surface area contributed by atoms with Crippen LogP contribution in [-0.4, -0.2) is 37.9 Å². The highest BCUT2D eigenvalue weighted by atomic mass is 16.5. The van der Waals surface area contributed by atoms with E-state index in [4.69, 9.17) is 9.84 Å². The van der Waals surface area contributed by atoms with Crippen molar-refractivity contribution in [2.24, 2.45) is 10.8 Å². The van der Waals surface area contributed by atoms with Gasteiger partial charge in [0, 0.05) is 19.7 Å². The zero-order valence-corrected chi connectivity index (χ0v) is 11.1. The summed E-state index contributed by atoms with van der Waals surface area (Å²) in [5.41, 5.74) is -0.467. The molecule has 0 radical (unpaired) electrons. The molecule has 0 heterocycles. The van der Waals surface area contributed by atoms with Gasteiger partial charge in [0.1, 0.15) is 0 Å². The van der Waals surface area contributed by atoms with E-state index in [1.807, 2.05) is 13.8 Å². The Morgan fingerprint density at radius 3 is 2.25 bits per heavy atom. The van der Waals surface area contributed by atoms with Crippen LogP contribution in [0.25, 0.3) is 0 Å². The minimum absolute atomic E-state index is 0.0426. The fourth-order valence-electron chi connectivity index (χ4n) is 1.45. The van der Waals surface area contributed by atoms with E-state index in [0.29, 0.717) is 6.54 Å². The molecule has 0 aliphatic rings. The number of aliphatic hydroxyl groups excluding tert-OH is 1. The van der Waals surface area contributed by atoms with Crippen molar-refractivity contribution in [1.29, 1.82) is 0 Å². The number of methoxy groups -OCH3 is 1. The van der Waals surface area contributed by atoms with Gasteiger partial charge in [0.25, 0.3) is 0 Å². The molecule has 0 fully saturated rings. The molecule has 0 aromatic heterocycles. The van der Waals surface area contributed by atoms with Crippen LogP contribution in [0.4, 0.5) is 0 Å². The maximum Gasteiger partial charge on any atom is 0.312 e. The predicted molar refractivity (Wildman–Crippen MR) is 64.2 cm³/mol. The number of ether oxygens (including phenoxy) is 1. The lowest BCUT2D eigenvalue weighted by atomic mass is 9.88. The highest BCUT2D eigenvalue weighted by Gasteiger charge is 2.29. The molecule has 2 N–H and O–H groups in total. The molecule has 0 saturated carbocycles. The smallest absolute Gasteiger partial charge is 0.312 e. The fourth-order valence-corrected chi connectivity index (χ4v) is 1.45. The van der Waals surface area contributed by atoms with Crippen LogP contribution in [-0.2, 0) is 9.53 Å². The Hall–Kier alpha value is -0.610. The van der Waals surface area contributed by atoms with Gasteiger partial charge in [-0.1, -0.05) is 13.8 Å². The molecule has 0 aliphatic heterocycles. The van der Waals surface area contributed by atoms with Crippen LogP contribution in [0.2, 0.25) is 0 Å². The van der Waals surface area contributed by atoms with Crippen molar-refractivity contribution >= 4 is 5.97 Å². The van der Waals surface area contributed by atoms with E-state index in [0.717, 1.165) is 13.0 Å². The van der Waals surface area contributed by atoms with E-state index < -0.39 is 5.41 Å². The van der Waals surface area contributed by atoms with Crippen LogP contribution in [0.1, 0.15) is 34.1 Å². The maximum atomic E-state index is 11.4. The van der Waals surface area contributed by atoms with Crippen molar-refractivity contribution in [2.45, 2.75) is 34.1 Å². The first-order chi connectivity index (χ1) is 7.25. The zero-order valence-electron chi connectivity index (χ0n) is 11.1. The van der Waals surface area contributed by atoms with Crippen LogP contribution in [0.5, 0.6) is 0 Å². The topological polar surface area (TPSA) is 58.6 Å². The van der Waals surface area contributed by atoms with Gasteiger partial charge in [0.15, 0.2) is 0 Å². The van der Waals surface area contributed by atoms with Crippen molar-refractivity contribution in [1.82, 2.24) is 5.32 Å². The summed E-state index contributed by atoms with van der Waals surface area (Å²) >= 11 is 0. The SMILES string of the molecule is COC(=O)C(C)(C)CNCC(C)(C)CCO. The van der Waals surface area contributed by atoms with Gasteiger partial charge in [-0.25, -0.2) is 0 Å². The summed E-state index contributed by atoms with van der Waals surface area (Å²) in [6.45, 7) is 9.41. The third-order valence-corrected chi connectivity index (χ3v) is 2.70. The van der Waals surface area contributed by atoms with E-state index in [1.54, 1.807) is 0 Å². The van der Waals surface area contributed by atoms with Gasteiger partial charge in [-0.15, -0.1) is 0 Å². The molecule has 0 aromatic rings. The first kappa shape index (κ1) is 15.4. The lowest BCUT2D eigenvalue weighted by molar-refractivity contribution is -0.150. The van der Waals surface area contributed by atoms with Crippen LogP contribution >= 0.6 is 0 Å². The number of esters is 1. The number of carbonyl (C=O) groups is 1. The van der Waals surface area contributed by atoms with Crippen molar-refractivity contribution in [3.05, 3.63) is 0 Å². The minimum atomic E-state index is -0.510. The van der Waals surface area contributed by atoms with E-state index in [1.165, 1.54) is 7.11 Å². The van der Waals surface area contributed by atoms with Gasteiger partial charge in [-0.2, -0.15) is 0 Å². The normalized spacial score (nSPS) is 12.6. The summed E-state index contributed by atoms with van der Waals surface area (Å²) in [7, 11) is 1.40. The van der Waals surface area contributed by atoms with Crippen LogP contribution in [0.3, 0.4) is 0 Å². The lowest BCUT2D eigenvalue weighted by Gasteiger charge is -2.27. The van der Waals surface area contributed by atoms with E-state index >= 15 is 0 Å². The molecule has 0 aliphatic carbocycles. The second-order valence-corrected chi connectivity index (χ2v) is 5.62. The van der Waals surface area contributed by atoms with Crippen LogP contribution < -0.4 is 5.32 Å². The van der Waals surface area contributed by atoms with Crippen molar-refractivity contribution < 1.29 is 14.6 Å². The zero-order chi connectivity index (χ0) is 12.8. The second-order valence-electron chi connectivity index (χ2n) is 5.62. The average molecular weight is 231 g/mol. The highest BCUT2D eigenvalue weighted by molar-refractivity contribution is 5.76. The minimum Gasteiger partial charge on any atom is -0.469 e. The Morgan fingerprint density at radius 2 is 1.81 bits per heavy atom. The largest absolute Gasteiger partial charge is 0.469 e. The molecule has 0 atom stereocenters. The summed E-state index contributed by atoms with van der Waals surface area (Å²) in [5.74, 6) is -0.208. The van der Waals surface area contributed by atoms with Gasteiger partial charge in [0.2, 0.25) is 0 Å². The number of nitrogens with one attached hydrogen (secondary N) is 1. The van der Waals surface area contributed by atoms with Crippen molar-refractivity contribution in [3.8, 4) is 0 Å². The highest BCUT2D eigenvalue weighted by Crippen LogP contribution is 2.20. The maximum absolute atomic E-state index is 11.4. The first-order valence-electron chi connectivity index (χ1n) is 5.65. The molecule has 0 amide bonds. The van der Waals surface area contributed by atoms with E-state index in [2.05, 4.69) is 19.2 Å². The molecule has 4 nitrogen and oxygen atoms in total. The van der Waals surface area contributed by atoms with Crippen LogP contribution in [0, 0.1) is 10.8 Å². The molecular formula is C12H25NO3. The number of hydrogen-bond acceptors (Lipinski definition) is 4. The standard InChI is InChI=1S/C12H25NO3/c1-11(2,6-7-14)8-13-9-12(3,4)10(15)16-5/h13-14H,6-9H2,1-5H3. The third-order valence-electron chi connectivity index (χ3n) is 2.70. The van der Waals surface area contributed by atoms with Crippen LogP contribution in [0.15, 0.2) is 0 Å². The molecule has 16 heavy (non-hydrogen) atoms. The Bertz CT molecular complexity index is 224. The number of rotatable bonds is 7. The molecular weight excluding hydrogens is 206 g/mol. The summed E-state index contributed by atoms with van der Waals surface area (Å²) in [6.07, 6.45) is 0.749. The van der Waals surface area contributed by atoms with Gasteiger partial charge in [0.05, 0.1) is 12.5 Å². The summed E-state index contributed by atoms with van der Waals surface area (Å²) in [4.78, 5) is 11.4. The monoisotopic (exact) mass is 231 g/mol. The Morgan fingerprint density at radius 1 is 1.25 bits per heavy atom. The predicted octanol–water partition coefficient (Wildman–Crippen LogP) is 1.18. The Labute approximate surface area is 98.4 Å². The molecule has 0 aromatic carbocycles. The molecule has 4 heteroatoms. The number of hydrogen-bond donors (Lipinski definition) is 2. The number of carbonyl (C=O) groups excluding carboxylic acids is 1. The average Bonchev–Trinajstić information content (AvgIpc) is 2.15. The second kappa shape index (κ2) is 6.21. The molecule has 0 spiro atoms. The van der Waals surface area contributed by atoms with Gasteiger partial charge in [-0.3, -0.25) is 4.79 Å². The van der Waals surface area contributed by atoms with Gasteiger partial charge in [-0.05, 0) is 25.7 Å². The Balaban J connectivity index is 4.02. The molecule has 96 valence electrons. The molecule has 0 rings (SSSR count). The molecule has 0 bridgehead atoms. The first-order valence-corrected chi connectivity index (χ1v) is 5.65.